The van der Waals surface area contributed by atoms with E-state index in [0.29, 0.717) is 30.8 Å². The zero-order valence-electron chi connectivity index (χ0n) is 13.3. The molecule has 6 heteroatoms. The number of hydrogen-bond donors (Lipinski definition) is 1. The first-order chi connectivity index (χ1) is 12.1. The molecule has 1 aliphatic rings. The van der Waals surface area contributed by atoms with E-state index >= 15 is 0 Å². The van der Waals surface area contributed by atoms with Gasteiger partial charge in [0.05, 0.1) is 13.2 Å². The van der Waals surface area contributed by atoms with E-state index in [9.17, 15) is 9.18 Å². The quantitative estimate of drug-likeness (QED) is 0.694. The maximum atomic E-state index is 13.3. The molecule has 0 radical (unpaired) electrons. The zero-order chi connectivity index (χ0) is 17.4. The van der Waals surface area contributed by atoms with E-state index in [1.807, 2.05) is 24.3 Å². The third-order valence-corrected chi connectivity index (χ3v) is 4.94. The standard InChI is InChI=1S/C19H16BrFN2O2/c20-14-3-1-12(2-4-14)18-11-23(7-8-25-18)19(24)17-10-13-9-15(21)5-6-16(13)22-17/h1-6,9-10,18,22H,7-8,11H2. The third kappa shape index (κ3) is 3.32. The number of halogens is 2. The van der Waals surface area contributed by atoms with Crippen LogP contribution in [0.2, 0.25) is 0 Å². The molecule has 4 rings (SSSR count). The predicted octanol–water partition coefficient (Wildman–Crippen LogP) is 4.28. The van der Waals surface area contributed by atoms with E-state index in [-0.39, 0.29) is 17.8 Å². The van der Waals surface area contributed by atoms with Crippen LogP contribution in [0.1, 0.15) is 22.2 Å². The highest BCUT2D eigenvalue weighted by molar-refractivity contribution is 9.10. The largest absolute Gasteiger partial charge is 0.370 e. The van der Waals surface area contributed by atoms with Crippen LogP contribution in [0.4, 0.5) is 4.39 Å². The molecule has 1 amide bonds. The van der Waals surface area contributed by atoms with Gasteiger partial charge < -0.3 is 14.6 Å². The molecule has 3 aromatic rings. The summed E-state index contributed by atoms with van der Waals surface area (Å²) in [6.45, 7) is 1.51. The Morgan fingerprint density at radius 1 is 1.20 bits per heavy atom. The molecule has 0 bridgehead atoms. The van der Waals surface area contributed by atoms with E-state index in [1.54, 1.807) is 17.0 Å². The van der Waals surface area contributed by atoms with Crippen molar-refractivity contribution in [3.63, 3.8) is 0 Å². The van der Waals surface area contributed by atoms with Crippen molar-refractivity contribution in [2.24, 2.45) is 0 Å². The second-order valence-electron chi connectivity index (χ2n) is 6.08. The highest BCUT2D eigenvalue weighted by Crippen LogP contribution is 2.25. The van der Waals surface area contributed by atoms with Crippen molar-refractivity contribution < 1.29 is 13.9 Å². The summed E-state index contributed by atoms with van der Waals surface area (Å²) in [6, 6.07) is 14.1. The molecular formula is C19H16BrFN2O2. The molecule has 0 aliphatic carbocycles. The molecule has 1 aliphatic heterocycles. The number of ether oxygens (including phenoxy) is 1. The number of morpholine rings is 1. The normalized spacial score (nSPS) is 17.8. The molecule has 1 fully saturated rings. The fourth-order valence-corrected chi connectivity index (χ4v) is 3.37. The van der Waals surface area contributed by atoms with E-state index in [1.165, 1.54) is 12.1 Å². The number of hydrogen-bond acceptors (Lipinski definition) is 2. The average Bonchev–Trinajstić information content (AvgIpc) is 3.05. The number of carbonyl (C=O) groups excluding carboxylic acids is 1. The minimum Gasteiger partial charge on any atom is -0.370 e. The molecule has 1 saturated heterocycles. The molecule has 1 unspecified atom stereocenters. The van der Waals surface area contributed by atoms with Gasteiger partial charge in [0.2, 0.25) is 0 Å². The molecule has 25 heavy (non-hydrogen) atoms. The van der Waals surface area contributed by atoms with Gasteiger partial charge in [0.25, 0.3) is 5.91 Å². The minimum absolute atomic E-state index is 0.0954. The number of carbonyl (C=O) groups is 1. The molecule has 0 saturated carbocycles. The van der Waals surface area contributed by atoms with Crippen LogP contribution in [-0.4, -0.2) is 35.5 Å². The van der Waals surface area contributed by atoms with Crippen molar-refractivity contribution in [1.29, 1.82) is 0 Å². The lowest BCUT2D eigenvalue weighted by Gasteiger charge is -2.33. The Hall–Kier alpha value is -2.18. The van der Waals surface area contributed by atoms with Crippen molar-refractivity contribution in [1.82, 2.24) is 9.88 Å². The summed E-state index contributed by atoms with van der Waals surface area (Å²) in [6.07, 6.45) is -0.146. The van der Waals surface area contributed by atoms with Crippen molar-refractivity contribution in [3.8, 4) is 0 Å². The number of H-pyrrole nitrogens is 1. The average molecular weight is 403 g/mol. The maximum Gasteiger partial charge on any atom is 0.270 e. The lowest BCUT2D eigenvalue weighted by Crippen LogP contribution is -2.42. The van der Waals surface area contributed by atoms with Gasteiger partial charge in [-0.15, -0.1) is 0 Å². The van der Waals surface area contributed by atoms with Gasteiger partial charge in [0.1, 0.15) is 17.6 Å². The van der Waals surface area contributed by atoms with Crippen LogP contribution >= 0.6 is 15.9 Å². The van der Waals surface area contributed by atoms with Gasteiger partial charge in [-0.3, -0.25) is 4.79 Å². The van der Waals surface area contributed by atoms with E-state index in [0.717, 1.165) is 15.6 Å². The van der Waals surface area contributed by atoms with E-state index in [2.05, 4.69) is 20.9 Å². The molecule has 128 valence electrons. The predicted molar refractivity (Wildman–Crippen MR) is 97.0 cm³/mol. The fourth-order valence-electron chi connectivity index (χ4n) is 3.10. The van der Waals surface area contributed by atoms with E-state index in [4.69, 9.17) is 4.74 Å². The van der Waals surface area contributed by atoms with Crippen LogP contribution in [0.15, 0.2) is 53.0 Å². The zero-order valence-corrected chi connectivity index (χ0v) is 14.9. The van der Waals surface area contributed by atoms with Crippen LogP contribution in [0.3, 0.4) is 0 Å². The molecule has 2 heterocycles. The molecule has 1 atom stereocenters. The molecule has 1 aromatic heterocycles. The van der Waals surface area contributed by atoms with Crippen LogP contribution in [-0.2, 0) is 4.74 Å². The smallest absolute Gasteiger partial charge is 0.270 e. The summed E-state index contributed by atoms with van der Waals surface area (Å²) in [5.74, 6) is -0.408. The second kappa shape index (κ2) is 6.61. The van der Waals surface area contributed by atoms with Crippen molar-refractivity contribution in [3.05, 3.63) is 70.1 Å². The number of aromatic amines is 1. The highest BCUT2D eigenvalue weighted by atomic mass is 79.9. The van der Waals surface area contributed by atoms with Gasteiger partial charge in [0, 0.05) is 21.9 Å². The van der Waals surface area contributed by atoms with Crippen LogP contribution in [0.5, 0.6) is 0 Å². The monoisotopic (exact) mass is 402 g/mol. The van der Waals surface area contributed by atoms with Gasteiger partial charge in [-0.2, -0.15) is 0 Å². The van der Waals surface area contributed by atoms with Gasteiger partial charge in [-0.25, -0.2) is 4.39 Å². The summed E-state index contributed by atoms with van der Waals surface area (Å²) in [4.78, 5) is 17.7. The lowest BCUT2D eigenvalue weighted by atomic mass is 10.1. The SMILES string of the molecule is O=C(c1cc2cc(F)ccc2[nH]1)N1CCOC(c2ccc(Br)cc2)C1. The van der Waals surface area contributed by atoms with Crippen molar-refractivity contribution in [2.75, 3.05) is 19.7 Å². The lowest BCUT2D eigenvalue weighted by molar-refractivity contribution is -0.0229. The van der Waals surface area contributed by atoms with E-state index < -0.39 is 0 Å². The Morgan fingerprint density at radius 2 is 2.00 bits per heavy atom. The first-order valence-corrected chi connectivity index (χ1v) is 8.84. The van der Waals surface area contributed by atoms with Gasteiger partial charge >= 0.3 is 0 Å². The first kappa shape index (κ1) is 16.3. The summed E-state index contributed by atoms with van der Waals surface area (Å²) in [7, 11) is 0. The number of rotatable bonds is 2. The Balaban J connectivity index is 1.55. The van der Waals surface area contributed by atoms with Crippen LogP contribution in [0, 0.1) is 5.82 Å². The maximum absolute atomic E-state index is 13.3. The number of amides is 1. The fraction of sp³-hybridized carbons (Fsp3) is 0.211. The third-order valence-electron chi connectivity index (χ3n) is 4.41. The van der Waals surface area contributed by atoms with Crippen molar-refractivity contribution >= 4 is 32.7 Å². The summed E-state index contributed by atoms with van der Waals surface area (Å²) >= 11 is 3.42. The molecule has 4 nitrogen and oxygen atoms in total. The van der Waals surface area contributed by atoms with Gasteiger partial charge in [-0.05, 0) is 42.0 Å². The van der Waals surface area contributed by atoms with Crippen LogP contribution < -0.4 is 0 Å². The summed E-state index contributed by atoms with van der Waals surface area (Å²) in [5.41, 5.74) is 2.26. The van der Waals surface area contributed by atoms with Crippen LogP contribution in [0.25, 0.3) is 10.9 Å². The molecule has 0 spiro atoms. The number of aromatic nitrogens is 1. The second-order valence-corrected chi connectivity index (χ2v) is 6.99. The molecular weight excluding hydrogens is 387 g/mol. The first-order valence-electron chi connectivity index (χ1n) is 8.05. The Bertz CT molecular complexity index is 923. The number of nitrogens with zero attached hydrogens (tertiary/aromatic N) is 1. The summed E-state index contributed by atoms with van der Waals surface area (Å²) in [5, 5.41) is 0.695. The van der Waals surface area contributed by atoms with Crippen molar-refractivity contribution in [2.45, 2.75) is 6.10 Å². The van der Waals surface area contributed by atoms with Gasteiger partial charge in [0.15, 0.2) is 0 Å². The molecule has 2 aromatic carbocycles. The van der Waals surface area contributed by atoms with Gasteiger partial charge in [-0.1, -0.05) is 28.1 Å². The highest BCUT2D eigenvalue weighted by Gasteiger charge is 2.27. The Morgan fingerprint density at radius 3 is 2.80 bits per heavy atom. The number of benzene rings is 2. The number of nitrogens with one attached hydrogen (secondary N) is 1. The number of fused-ring (bicyclic) bond motifs is 1. The Labute approximate surface area is 152 Å². The topological polar surface area (TPSA) is 45.3 Å². The minimum atomic E-state index is -0.313. The molecule has 1 N–H and O–H groups in total. The Kier molecular flexibility index (Phi) is 4.31. The summed E-state index contributed by atoms with van der Waals surface area (Å²) < 4.78 is 20.2.